The third-order valence-electron chi connectivity index (χ3n) is 2.95. The summed E-state index contributed by atoms with van der Waals surface area (Å²) in [5.74, 6) is 1.69. The van der Waals surface area contributed by atoms with Crippen molar-refractivity contribution in [3.8, 4) is 0 Å². The molecule has 0 rings (SSSR count). The zero-order valence-electron chi connectivity index (χ0n) is 10.3. The van der Waals surface area contributed by atoms with E-state index in [2.05, 4.69) is 39.5 Å². The Hall–Kier alpha value is -0.520. The summed E-state index contributed by atoms with van der Waals surface area (Å²) in [5, 5.41) is 0. The average molecular weight is 194 g/mol. The Morgan fingerprint density at radius 3 is 2.36 bits per heavy atom. The summed E-state index contributed by atoms with van der Waals surface area (Å²) in [5.41, 5.74) is 1.27. The molecule has 1 atom stereocenters. The lowest BCUT2D eigenvalue weighted by Gasteiger charge is -2.14. The van der Waals surface area contributed by atoms with Crippen molar-refractivity contribution >= 4 is 0 Å². The molecular formula is C14H26. The molecule has 0 saturated carbocycles. The molecule has 82 valence electrons. The Labute approximate surface area is 90.1 Å². The average Bonchev–Trinajstić information content (AvgIpc) is 2.12. The van der Waals surface area contributed by atoms with Gasteiger partial charge in [0.2, 0.25) is 0 Å². The maximum atomic E-state index is 4.01. The fourth-order valence-corrected chi connectivity index (χ4v) is 1.47. The van der Waals surface area contributed by atoms with Crippen LogP contribution in [0, 0.1) is 11.8 Å². The molecule has 0 aromatic carbocycles. The summed E-state index contributed by atoms with van der Waals surface area (Å²) >= 11 is 0. The van der Waals surface area contributed by atoms with Crippen LogP contribution in [-0.2, 0) is 0 Å². The van der Waals surface area contributed by atoms with Crippen LogP contribution in [0.5, 0.6) is 0 Å². The smallest absolute Gasteiger partial charge is 0.0285 e. The van der Waals surface area contributed by atoms with Gasteiger partial charge in [0.05, 0.1) is 0 Å². The lowest BCUT2D eigenvalue weighted by Crippen LogP contribution is -2.03. The second-order valence-electron chi connectivity index (χ2n) is 4.63. The minimum absolute atomic E-state index is 0.828. The van der Waals surface area contributed by atoms with Gasteiger partial charge in [0.25, 0.3) is 0 Å². The highest BCUT2D eigenvalue weighted by Gasteiger charge is 2.05. The first kappa shape index (κ1) is 13.5. The molecule has 0 radical (unpaired) electrons. The van der Waals surface area contributed by atoms with Crippen LogP contribution in [0.1, 0.15) is 53.4 Å². The molecule has 14 heavy (non-hydrogen) atoms. The zero-order chi connectivity index (χ0) is 11.0. The van der Waals surface area contributed by atoms with Crippen molar-refractivity contribution in [2.75, 3.05) is 0 Å². The predicted molar refractivity (Wildman–Crippen MR) is 66.4 cm³/mol. The van der Waals surface area contributed by atoms with Crippen molar-refractivity contribution in [1.82, 2.24) is 0 Å². The summed E-state index contributed by atoms with van der Waals surface area (Å²) in [6.45, 7) is 13.0. The maximum absolute atomic E-state index is 4.01. The molecule has 0 aromatic heterocycles. The number of hydrogen-bond donors (Lipinski definition) is 0. The highest BCUT2D eigenvalue weighted by atomic mass is 14.1. The molecule has 0 fully saturated rings. The molecule has 0 saturated heterocycles. The first-order chi connectivity index (χ1) is 6.57. The van der Waals surface area contributed by atoms with Gasteiger partial charge in [0.15, 0.2) is 0 Å². The van der Waals surface area contributed by atoms with Crippen LogP contribution in [0.4, 0.5) is 0 Å². The van der Waals surface area contributed by atoms with Crippen molar-refractivity contribution < 1.29 is 0 Å². The van der Waals surface area contributed by atoms with Gasteiger partial charge in [-0.25, -0.2) is 0 Å². The van der Waals surface area contributed by atoms with Crippen LogP contribution in [0.15, 0.2) is 24.3 Å². The van der Waals surface area contributed by atoms with Crippen molar-refractivity contribution in [2.24, 2.45) is 11.8 Å². The Kier molecular flexibility index (Phi) is 7.55. The maximum Gasteiger partial charge on any atom is -0.0285 e. The third kappa shape index (κ3) is 6.94. The summed E-state index contributed by atoms with van der Waals surface area (Å²) < 4.78 is 0. The van der Waals surface area contributed by atoms with Gasteiger partial charge in [-0.3, -0.25) is 0 Å². The second kappa shape index (κ2) is 7.84. The lowest BCUT2D eigenvalue weighted by atomic mass is 9.92. The molecule has 0 heterocycles. The quantitative estimate of drug-likeness (QED) is 0.396. The Morgan fingerprint density at radius 2 is 1.86 bits per heavy atom. The normalized spacial score (nSPS) is 13.8. The van der Waals surface area contributed by atoms with Gasteiger partial charge in [0, 0.05) is 0 Å². The molecule has 0 heteroatoms. The summed E-state index contributed by atoms with van der Waals surface area (Å²) in [4.78, 5) is 0. The van der Waals surface area contributed by atoms with Gasteiger partial charge in [0.1, 0.15) is 0 Å². The van der Waals surface area contributed by atoms with Gasteiger partial charge >= 0.3 is 0 Å². The van der Waals surface area contributed by atoms with Crippen LogP contribution >= 0.6 is 0 Å². The second-order valence-corrected chi connectivity index (χ2v) is 4.63. The molecular weight excluding hydrogens is 168 g/mol. The highest BCUT2D eigenvalue weighted by Crippen LogP contribution is 2.18. The molecule has 0 aliphatic heterocycles. The molecule has 0 aromatic rings. The molecule has 0 spiro atoms. The van der Waals surface area contributed by atoms with E-state index in [4.69, 9.17) is 0 Å². The van der Waals surface area contributed by atoms with Crippen LogP contribution in [-0.4, -0.2) is 0 Å². The van der Waals surface area contributed by atoms with E-state index in [-0.39, 0.29) is 0 Å². The molecule has 0 N–H and O–H groups in total. The number of allylic oxidation sites excluding steroid dienone is 3. The standard InChI is InChI=1S/C14H26/c1-6-9-13(4)10-7-8-11-14(5)12(2)3/h6,9,12,14H,4,7-8,10-11H2,1-3,5H3. The van der Waals surface area contributed by atoms with E-state index in [1.807, 2.05) is 6.92 Å². The summed E-state index contributed by atoms with van der Waals surface area (Å²) in [7, 11) is 0. The summed E-state index contributed by atoms with van der Waals surface area (Å²) in [6, 6.07) is 0. The first-order valence-electron chi connectivity index (χ1n) is 5.88. The van der Waals surface area contributed by atoms with Crippen LogP contribution in [0.2, 0.25) is 0 Å². The molecule has 1 unspecified atom stereocenters. The van der Waals surface area contributed by atoms with Gasteiger partial charge in [-0.1, -0.05) is 57.9 Å². The van der Waals surface area contributed by atoms with Crippen LogP contribution in [0.25, 0.3) is 0 Å². The van der Waals surface area contributed by atoms with E-state index in [0.717, 1.165) is 18.3 Å². The van der Waals surface area contributed by atoms with Crippen LogP contribution in [0.3, 0.4) is 0 Å². The largest absolute Gasteiger partial charge is 0.0958 e. The SMILES string of the molecule is C=C(C=CC)CCCCC(C)C(C)C. The van der Waals surface area contributed by atoms with Gasteiger partial charge in [-0.15, -0.1) is 0 Å². The van der Waals surface area contributed by atoms with E-state index in [1.54, 1.807) is 0 Å². The monoisotopic (exact) mass is 194 g/mol. The molecule has 0 amide bonds. The Balaban J connectivity index is 3.42. The molecule has 0 aliphatic rings. The topological polar surface area (TPSA) is 0 Å². The van der Waals surface area contributed by atoms with E-state index in [1.165, 1.54) is 24.8 Å². The minimum atomic E-state index is 0.828. The Bertz CT molecular complexity index is 174. The van der Waals surface area contributed by atoms with E-state index < -0.39 is 0 Å². The number of hydrogen-bond acceptors (Lipinski definition) is 0. The van der Waals surface area contributed by atoms with Crippen molar-refractivity contribution in [3.63, 3.8) is 0 Å². The lowest BCUT2D eigenvalue weighted by molar-refractivity contribution is 0.378. The highest BCUT2D eigenvalue weighted by molar-refractivity contribution is 5.12. The Morgan fingerprint density at radius 1 is 1.21 bits per heavy atom. The van der Waals surface area contributed by atoms with E-state index in [9.17, 15) is 0 Å². The van der Waals surface area contributed by atoms with Crippen molar-refractivity contribution in [2.45, 2.75) is 53.4 Å². The molecule has 0 bridgehead atoms. The number of rotatable bonds is 7. The van der Waals surface area contributed by atoms with E-state index >= 15 is 0 Å². The fourth-order valence-electron chi connectivity index (χ4n) is 1.47. The minimum Gasteiger partial charge on any atom is -0.0958 e. The van der Waals surface area contributed by atoms with Gasteiger partial charge in [-0.2, -0.15) is 0 Å². The molecule has 0 aliphatic carbocycles. The van der Waals surface area contributed by atoms with E-state index in [0.29, 0.717) is 0 Å². The fraction of sp³-hybridized carbons (Fsp3) is 0.714. The number of unbranched alkanes of at least 4 members (excludes halogenated alkanes) is 1. The van der Waals surface area contributed by atoms with Crippen molar-refractivity contribution in [1.29, 1.82) is 0 Å². The van der Waals surface area contributed by atoms with Crippen molar-refractivity contribution in [3.05, 3.63) is 24.3 Å². The van der Waals surface area contributed by atoms with Crippen LogP contribution < -0.4 is 0 Å². The zero-order valence-corrected chi connectivity index (χ0v) is 10.3. The first-order valence-corrected chi connectivity index (χ1v) is 5.88. The third-order valence-corrected chi connectivity index (χ3v) is 2.95. The predicted octanol–water partition coefficient (Wildman–Crippen LogP) is 4.97. The van der Waals surface area contributed by atoms with Gasteiger partial charge in [-0.05, 0) is 31.6 Å². The van der Waals surface area contributed by atoms with Gasteiger partial charge < -0.3 is 0 Å². The summed E-state index contributed by atoms with van der Waals surface area (Å²) in [6.07, 6.45) is 9.34. The molecule has 0 nitrogen and oxygen atoms in total.